The normalized spacial score (nSPS) is 10.1. The first-order chi connectivity index (χ1) is 5.83. The van der Waals surface area contributed by atoms with Crippen molar-refractivity contribution in [2.24, 2.45) is 0 Å². The van der Waals surface area contributed by atoms with Crippen LogP contribution in [0.3, 0.4) is 0 Å². The molecule has 2 N–H and O–H groups in total. The lowest BCUT2D eigenvalue weighted by atomic mass is 10.1. The molecule has 0 radical (unpaired) electrons. The highest BCUT2D eigenvalue weighted by Gasteiger charge is 1.92. The average Bonchev–Trinajstić information content (AvgIpc) is 2.05. The van der Waals surface area contributed by atoms with Crippen molar-refractivity contribution in [3.63, 3.8) is 0 Å². The van der Waals surface area contributed by atoms with Gasteiger partial charge in [-0.05, 0) is 30.5 Å². The third-order valence-corrected chi connectivity index (χ3v) is 2.02. The van der Waals surface area contributed by atoms with Crippen LogP contribution in [0.4, 0.5) is 5.69 Å². The van der Waals surface area contributed by atoms with Gasteiger partial charge >= 0.3 is 0 Å². The number of anilines is 1. The molecular formula is C11H17N. The first-order valence-corrected chi connectivity index (χ1v) is 4.67. The molecule has 0 aliphatic carbocycles. The second-order valence-corrected chi connectivity index (χ2v) is 3.20. The first kappa shape index (κ1) is 9.11. The molecule has 0 heterocycles. The zero-order chi connectivity index (χ0) is 8.81. The van der Waals surface area contributed by atoms with E-state index in [1.165, 1.54) is 31.2 Å². The molecule has 1 aromatic rings. The Morgan fingerprint density at radius 3 is 2.75 bits per heavy atom. The van der Waals surface area contributed by atoms with Gasteiger partial charge in [-0.1, -0.05) is 31.9 Å². The number of nitrogens with two attached hydrogens (primary N) is 1. The van der Waals surface area contributed by atoms with Gasteiger partial charge < -0.3 is 5.73 Å². The maximum Gasteiger partial charge on any atom is 0.0316 e. The van der Waals surface area contributed by atoms with Crippen LogP contribution >= 0.6 is 0 Å². The largest absolute Gasteiger partial charge is 0.399 e. The number of benzene rings is 1. The second kappa shape index (κ2) is 4.81. The van der Waals surface area contributed by atoms with E-state index in [0.717, 1.165) is 5.69 Å². The molecule has 0 aromatic heterocycles. The van der Waals surface area contributed by atoms with Gasteiger partial charge in [0.15, 0.2) is 0 Å². The Hall–Kier alpha value is -0.980. The molecule has 0 amide bonds. The van der Waals surface area contributed by atoms with Crippen molar-refractivity contribution in [2.75, 3.05) is 5.73 Å². The maximum atomic E-state index is 5.66. The molecule has 0 aliphatic rings. The summed E-state index contributed by atoms with van der Waals surface area (Å²) in [5.74, 6) is 0. The van der Waals surface area contributed by atoms with E-state index in [9.17, 15) is 0 Å². The van der Waals surface area contributed by atoms with Crippen LogP contribution in [-0.2, 0) is 6.42 Å². The monoisotopic (exact) mass is 163 g/mol. The van der Waals surface area contributed by atoms with Crippen molar-refractivity contribution >= 4 is 5.69 Å². The standard InChI is InChI=1S/C11H17N/c1-2-3-4-6-10-7-5-8-11(12)9-10/h5,7-9H,2-4,6,12H2,1H3. The van der Waals surface area contributed by atoms with Crippen molar-refractivity contribution in [3.8, 4) is 0 Å². The van der Waals surface area contributed by atoms with Gasteiger partial charge in [-0.25, -0.2) is 0 Å². The quantitative estimate of drug-likeness (QED) is 0.536. The lowest BCUT2D eigenvalue weighted by Gasteiger charge is -2.00. The van der Waals surface area contributed by atoms with Crippen LogP contribution in [0.25, 0.3) is 0 Å². The van der Waals surface area contributed by atoms with Crippen LogP contribution < -0.4 is 5.73 Å². The Kier molecular flexibility index (Phi) is 3.65. The lowest BCUT2D eigenvalue weighted by molar-refractivity contribution is 0.717. The zero-order valence-electron chi connectivity index (χ0n) is 7.72. The fourth-order valence-electron chi connectivity index (χ4n) is 1.33. The average molecular weight is 163 g/mol. The number of nitrogen functional groups attached to an aromatic ring is 1. The minimum absolute atomic E-state index is 0.879. The molecule has 0 unspecified atom stereocenters. The van der Waals surface area contributed by atoms with Crippen LogP contribution in [0.15, 0.2) is 24.3 Å². The van der Waals surface area contributed by atoms with E-state index in [2.05, 4.69) is 19.1 Å². The third-order valence-electron chi connectivity index (χ3n) is 2.02. The van der Waals surface area contributed by atoms with E-state index in [-0.39, 0.29) is 0 Å². The van der Waals surface area contributed by atoms with Crippen LogP contribution in [0, 0.1) is 0 Å². The number of hydrogen-bond acceptors (Lipinski definition) is 1. The number of aryl methyl sites for hydroxylation is 1. The highest BCUT2D eigenvalue weighted by atomic mass is 14.5. The number of unbranched alkanes of at least 4 members (excludes halogenated alkanes) is 2. The minimum Gasteiger partial charge on any atom is -0.399 e. The van der Waals surface area contributed by atoms with Crippen LogP contribution in [-0.4, -0.2) is 0 Å². The molecule has 0 fully saturated rings. The molecule has 12 heavy (non-hydrogen) atoms. The highest BCUT2D eigenvalue weighted by Crippen LogP contribution is 2.10. The molecule has 1 rings (SSSR count). The molecule has 1 heteroatoms. The van der Waals surface area contributed by atoms with E-state index in [1.807, 2.05) is 12.1 Å². The maximum absolute atomic E-state index is 5.66. The predicted octanol–water partition coefficient (Wildman–Crippen LogP) is 3.00. The molecule has 66 valence electrons. The van der Waals surface area contributed by atoms with E-state index < -0.39 is 0 Å². The van der Waals surface area contributed by atoms with Gasteiger partial charge in [-0.15, -0.1) is 0 Å². The Morgan fingerprint density at radius 1 is 1.25 bits per heavy atom. The van der Waals surface area contributed by atoms with Gasteiger partial charge in [0.05, 0.1) is 0 Å². The van der Waals surface area contributed by atoms with E-state index in [4.69, 9.17) is 5.73 Å². The molecule has 0 bridgehead atoms. The van der Waals surface area contributed by atoms with Crippen molar-refractivity contribution in [1.29, 1.82) is 0 Å². The fourth-order valence-corrected chi connectivity index (χ4v) is 1.33. The van der Waals surface area contributed by atoms with Crippen LogP contribution in [0.2, 0.25) is 0 Å². The molecule has 1 aromatic carbocycles. The molecular weight excluding hydrogens is 146 g/mol. The van der Waals surface area contributed by atoms with Crippen molar-refractivity contribution in [1.82, 2.24) is 0 Å². The molecule has 0 aliphatic heterocycles. The summed E-state index contributed by atoms with van der Waals surface area (Å²) < 4.78 is 0. The van der Waals surface area contributed by atoms with Crippen molar-refractivity contribution in [2.45, 2.75) is 32.6 Å². The Morgan fingerprint density at radius 2 is 2.08 bits per heavy atom. The van der Waals surface area contributed by atoms with Crippen LogP contribution in [0.1, 0.15) is 31.7 Å². The number of hydrogen-bond donors (Lipinski definition) is 1. The van der Waals surface area contributed by atoms with Crippen molar-refractivity contribution in [3.05, 3.63) is 29.8 Å². The molecule has 0 saturated heterocycles. The molecule has 0 spiro atoms. The number of rotatable bonds is 4. The summed E-state index contributed by atoms with van der Waals surface area (Å²) in [5.41, 5.74) is 7.91. The summed E-state index contributed by atoms with van der Waals surface area (Å²) in [6, 6.07) is 8.17. The fraction of sp³-hybridized carbons (Fsp3) is 0.455. The molecule has 1 nitrogen and oxygen atoms in total. The van der Waals surface area contributed by atoms with Gasteiger partial charge in [-0.3, -0.25) is 0 Å². The van der Waals surface area contributed by atoms with E-state index >= 15 is 0 Å². The Balaban J connectivity index is 2.41. The summed E-state index contributed by atoms with van der Waals surface area (Å²) >= 11 is 0. The van der Waals surface area contributed by atoms with Gasteiger partial charge in [0, 0.05) is 5.69 Å². The molecule has 0 atom stereocenters. The summed E-state index contributed by atoms with van der Waals surface area (Å²) in [5, 5.41) is 0. The first-order valence-electron chi connectivity index (χ1n) is 4.67. The Labute approximate surface area is 74.6 Å². The topological polar surface area (TPSA) is 26.0 Å². The van der Waals surface area contributed by atoms with Gasteiger partial charge in [0.2, 0.25) is 0 Å². The summed E-state index contributed by atoms with van der Waals surface area (Å²) in [4.78, 5) is 0. The van der Waals surface area contributed by atoms with Crippen molar-refractivity contribution < 1.29 is 0 Å². The summed E-state index contributed by atoms with van der Waals surface area (Å²) in [7, 11) is 0. The second-order valence-electron chi connectivity index (χ2n) is 3.20. The molecule has 0 saturated carbocycles. The van der Waals surface area contributed by atoms with E-state index in [0.29, 0.717) is 0 Å². The van der Waals surface area contributed by atoms with E-state index in [1.54, 1.807) is 0 Å². The minimum atomic E-state index is 0.879. The third kappa shape index (κ3) is 2.95. The van der Waals surface area contributed by atoms with Gasteiger partial charge in [-0.2, -0.15) is 0 Å². The van der Waals surface area contributed by atoms with Crippen LogP contribution in [0.5, 0.6) is 0 Å². The zero-order valence-corrected chi connectivity index (χ0v) is 7.72. The summed E-state index contributed by atoms with van der Waals surface area (Å²) in [6.07, 6.45) is 5.04. The lowest BCUT2D eigenvalue weighted by Crippen LogP contribution is -1.88. The Bertz CT molecular complexity index is 230. The smallest absolute Gasteiger partial charge is 0.0316 e. The predicted molar refractivity (Wildman–Crippen MR) is 54.1 cm³/mol. The summed E-state index contributed by atoms with van der Waals surface area (Å²) in [6.45, 7) is 2.22. The SMILES string of the molecule is CCCCCc1cccc(N)c1. The van der Waals surface area contributed by atoms with Gasteiger partial charge in [0.25, 0.3) is 0 Å². The highest BCUT2D eigenvalue weighted by molar-refractivity contribution is 5.40. The van der Waals surface area contributed by atoms with Gasteiger partial charge in [0.1, 0.15) is 0 Å².